The molecule has 0 atom stereocenters. The van der Waals surface area contributed by atoms with Crippen LogP contribution in [0.2, 0.25) is 0 Å². The molecule has 1 N–H and O–H groups in total. The molecule has 3 nitrogen and oxygen atoms in total. The number of aromatic nitrogens is 2. The Balaban J connectivity index is 1.92. The number of nitrogens with zero attached hydrogens (tertiary/aromatic N) is 2. The van der Waals surface area contributed by atoms with Crippen molar-refractivity contribution in [3.8, 4) is 5.69 Å². The highest BCUT2D eigenvalue weighted by atomic mass is 15.1. The number of imidazole rings is 1. The fourth-order valence-electron chi connectivity index (χ4n) is 2.44. The lowest BCUT2D eigenvalue weighted by Crippen LogP contribution is -2.40. The van der Waals surface area contributed by atoms with E-state index in [1.54, 1.807) is 0 Å². The molecule has 19 heavy (non-hydrogen) atoms. The summed E-state index contributed by atoms with van der Waals surface area (Å²) in [5.74, 6) is 0.602. The third-order valence-electron chi connectivity index (χ3n) is 3.88. The summed E-state index contributed by atoms with van der Waals surface area (Å²) in [4.78, 5) is 4.31. The van der Waals surface area contributed by atoms with E-state index in [1.165, 1.54) is 16.9 Å². The molecule has 1 aromatic heterocycles. The minimum absolute atomic E-state index is 0.203. The zero-order chi connectivity index (χ0) is 13.5. The second-order valence-electron chi connectivity index (χ2n) is 6.34. The molecular formula is C16H21N3. The number of rotatable bonds is 2. The van der Waals surface area contributed by atoms with E-state index in [0.717, 1.165) is 13.1 Å². The molecule has 0 spiro atoms. The molecule has 0 aliphatic carbocycles. The highest BCUT2D eigenvalue weighted by Gasteiger charge is 2.23. The lowest BCUT2D eigenvalue weighted by atomic mass is 9.87. The molecule has 3 rings (SSSR count). The van der Waals surface area contributed by atoms with Gasteiger partial charge in [0.1, 0.15) is 0 Å². The highest BCUT2D eigenvalue weighted by molar-refractivity contribution is 5.39. The summed E-state index contributed by atoms with van der Waals surface area (Å²) in [6.07, 6.45) is 3.91. The van der Waals surface area contributed by atoms with E-state index in [1.807, 2.05) is 12.5 Å². The standard InChI is InChI=1S/C16H21N3/c1-16(2,3)13-4-6-14(7-5-13)19-11-18-10-15(19)12-8-17-9-12/h4-7,10-12,17H,8-9H2,1-3H3. The summed E-state index contributed by atoms with van der Waals surface area (Å²) >= 11 is 0. The van der Waals surface area contributed by atoms with Gasteiger partial charge in [-0.05, 0) is 23.1 Å². The average Bonchev–Trinajstić information content (AvgIpc) is 2.75. The Morgan fingerprint density at radius 2 is 1.84 bits per heavy atom. The normalized spacial score (nSPS) is 16.4. The molecule has 1 aliphatic rings. The zero-order valence-corrected chi connectivity index (χ0v) is 11.9. The minimum Gasteiger partial charge on any atom is -0.315 e. The van der Waals surface area contributed by atoms with Crippen LogP contribution in [0.1, 0.15) is 37.9 Å². The molecule has 2 aromatic rings. The van der Waals surface area contributed by atoms with Gasteiger partial charge in [-0.2, -0.15) is 0 Å². The molecule has 100 valence electrons. The first-order valence-corrected chi connectivity index (χ1v) is 6.89. The molecule has 1 aliphatic heterocycles. The lowest BCUT2D eigenvalue weighted by Gasteiger charge is -2.28. The van der Waals surface area contributed by atoms with E-state index in [2.05, 4.69) is 59.9 Å². The van der Waals surface area contributed by atoms with E-state index >= 15 is 0 Å². The van der Waals surface area contributed by atoms with Crippen LogP contribution in [0, 0.1) is 0 Å². The minimum atomic E-state index is 0.203. The monoisotopic (exact) mass is 255 g/mol. The highest BCUT2D eigenvalue weighted by Crippen LogP contribution is 2.26. The molecule has 0 amide bonds. The molecule has 3 heteroatoms. The maximum atomic E-state index is 4.31. The van der Waals surface area contributed by atoms with Crippen LogP contribution in [0.5, 0.6) is 0 Å². The summed E-state index contributed by atoms with van der Waals surface area (Å²) in [5.41, 5.74) is 4.08. The predicted molar refractivity (Wildman–Crippen MR) is 77.9 cm³/mol. The van der Waals surface area contributed by atoms with Crippen molar-refractivity contribution in [3.63, 3.8) is 0 Å². The van der Waals surface area contributed by atoms with Crippen LogP contribution in [-0.2, 0) is 5.41 Å². The van der Waals surface area contributed by atoms with Crippen LogP contribution in [0.4, 0.5) is 0 Å². The molecular weight excluding hydrogens is 234 g/mol. The number of nitrogens with one attached hydrogen (secondary N) is 1. The van der Waals surface area contributed by atoms with Gasteiger partial charge in [0.15, 0.2) is 0 Å². The smallest absolute Gasteiger partial charge is 0.0994 e. The Labute approximate surface area is 114 Å². The van der Waals surface area contributed by atoms with Gasteiger partial charge in [0.05, 0.1) is 6.33 Å². The van der Waals surface area contributed by atoms with Gasteiger partial charge < -0.3 is 9.88 Å². The number of hydrogen-bond donors (Lipinski definition) is 1. The molecule has 2 heterocycles. The first kappa shape index (κ1) is 12.4. The van der Waals surface area contributed by atoms with E-state index < -0.39 is 0 Å². The lowest BCUT2D eigenvalue weighted by molar-refractivity contribution is 0.435. The molecule has 1 saturated heterocycles. The fraction of sp³-hybridized carbons (Fsp3) is 0.438. The molecule has 0 saturated carbocycles. The Hall–Kier alpha value is -1.61. The van der Waals surface area contributed by atoms with Gasteiger partial charge in [-0.15, -0.1) is 0 Å². The summed E-state index contributed by atoms with van der Waals surface area (Å²) in [5, 5.41) is 3.32. The van der Waals surface area contributed by atoms with Crippen LogP contribution < -0.4 is 5.32 Å². The quantitative estimate of drug-likeness (QED) is 0.894. The van der Waals surface area contributed by atoms with Gasteiger partial charge in [-0.25, -0.2) is 4.98 Å². The van der Waals surface area contributed by atoms with Gasteiger partial charge in [0.25, 0.3) is 0 Å². The predicted octanol–water partition coefficient (Wildman–Crippen LogP) is 2.86. The summed E-state index contributed by atoms with van der Waals surface area (Å²) in [6, 6.07) is 8.83. The molecule has 0 unspecified atom stereocenters. The van der Waals surface area contributed by atoms with Crippen molar-refractivity contribution >= 4 is 0 Å². The summed E-state index contributed by atoms with van der Waals surface area (Å²) in [6.45, 7) is 8.84. The van der Waals surface area contributed by atoms with Crippen molar-refractivity contribution in [2.24, 2.45) is 0 Å². The SMILES string of the molecule is CC(C)(C)c1ccc(-n2cncc2C2CNC2)cc1. The van der Waals surface area contributed by atoms with Crippen molar-refractivity contribution < 1.29 is 0 Å². The van der Waals surface area contributed by atoms with E-state index in [0.29, 0.717) is 5.92 Å². The number of benzene rings is 1. The second kappa shape index (κ2) is 4.49. The Morgan fingerprint density at radius 1 is 1.16 bits per heavy atom. The second-order valence-corrected chi connectivity index (χ2v) is 6.34. The van der Waals surface area contributed by atoms with Crippen LogP contribution in [0.25, 0.3) is 5.69 Å². The van der Waals surface area contributed by atoms with Crippen molar-refractivity contribution in [2.75, 3.05) is 13.1 Å². The molecule has 1 aromatic carbocycles. The number of hydrogen-bond acceptors (Lipinski definition) is 2. The van der Waals surface area contributed by atoms with Gasteiger partial charge >= 0.3 is 0 Å². The van der Waals surface area contributed by atoms with Crippen molar-refractivity contribution in [3.05, 3.63) is 48.0 Å². The van der Waals surface area contributed by atoms with Gasteiger partial charge in [-0.3, -0.25) is 0 Å². The van der Waals surface area contributed by atoms with Crippen LogP contribution in [-0.4, -0.2) is 22.6 Å². The van der Waals surface area contributed by atoms with Crippen LogP contribution in [0.15, 0.2) is 36.8 Å². The topological polar surface area (TPSA) is 29.9 Å². The van der Waals surface area contributed by atoms with Gasteiger partial charge in [0, 0.05) is 36.6 Å². The third-order valence-corrected chi connectivity index (χ3v) is 3.88. The Kier molecular flexibility index (Phi) is 2.94. The maximum Gasteiger partial charge on any atom is 0.0994 e. The first-order valence-electron chi connectivity index (χ1n) is 6.89. The Morgan fingerprint density at radius 3 is 2.37 bits per heavy atom. The molecule has 0 bridgehead atoms. The van der Waals surface area contributed by atoms with Gasteiger partial charge in [0.2, 0.25) is 0 Å². The van der Waals surface area contributed by atoms with E-state index in [9.17, 15) is 0 Å². The summed E-state index contributed by atoms with van der Waals surface area (Å²) < 4.78 is 2.21. The first-order chi connectivity index (χ1) is 9.05. The fourth-order valence-corrected chi connectivity index (χ4v) is 2.44. The third kappa shape index (κ3) is 2.30. The maximum absolute atomic E-state index is 4.31. The van der Waals surface area contributed by atoms with Gasteiger partial charge in [-0.1, -0.05) is 32.9 Å². The van der Waals surface area contributed by atoms with Crippen molar-refractivity contribution in [2.45, 2.75) is 32.1 Å². The average molecular weight is 255 g/mol. The van der Waals surface area contributed by atoms with Crippen molar-refractivity contribution in [1.29, 1.82) is 0 Å². The Bertz CT molecular complexity index is 556. The zero-order valence-electron chi connectivity index (χ0n) is 11.9. The van der Waals surface area contributed by atoms with E-state index in [-0.39, 0.29) is 5.41 Å². The van der Waals surface area contributed by atoms with Crippen LogP contribution >= 0.6 is 0 Å². The van der Waals surface area contributed by atoms with Crippen molar-refractivity contribution in [1.82, 2.24) is 14.9 Å². The molecule has 1 fully saturated rings. The summed E-state index contributed by atoms with van der Waals surface area (Å²) in [7, 11) is 0. The van der Waals surface area contributed by atoms with Crippen LogP contribution in [0.3, 0.4) is 0 Å². The molecule has 0 radical (unpaired) electrons. The largest absolute Gasteiger partial charge is 0.315 e. The van der Waals surface area contributed by atoms with E-state index in [4.69, 9.17) is 0 Å².